The number of pyridine rings is 1. The molecule has 3 nitrogen and oxygen atoms in total. The van der Waals surface area contributed by atoms with E-state index in [-0.39, 0.29) is 0 Å². The summed E-state index contributed by atoms with van der Waals surface area (Å²) in [5, 5.41) is 0.921. The molecule has 0 aliphatic heterocycles. The van der Waals surface area contributed by atoms with Gasteiger partial charge in [-0.1, -0.05) is 30.3 Å². The molecule has 0 aliphatic rings. The lowest BCUT2D eigenvalue weighted by atomic mass is 10.1. The van der Waals surface area contributed by atoms with Crippen molar-refractivity contribution in [2.45, 2.75) is 6.42 Å². The van der Waals surface area contributed by atoms with Crippen LogP contribution in [0.25, 0.3) is 22.0 Å². The second-order valence-electron chi connectivity index (χ2n) is 4.53. The summed E-state index contributed by atoms with van der Waals surface area (Å²) in [6.07, 6.45) is 2.61. The molecule has 3 rings (SSSR count). The Morgan fingerprint density at radius 1 is 1.05 bits per heavy atom. The molecular weight excluding hydrogens is 346 g/mol. The van der Waals surface area contributed by atoms with Gasteiger partial charge in [0, 0.05) is 21.1 Å². The van der Waals surface area contributed by atoms with Gasteiger partial charge in [-0.15, -0.1) is 11.3 Å². The van der Waals surface area contributed by atoms with Gasteiger partial charge in [0.05, 0.1) is 5.69 Å². The zero-order valence-corrected chi connectivity index (χ0v) is 13.7. The molecule has 2 heterocycles. The summed E-state index contributed by atoms with van der Waals surface area (Å²) in [6.45, 7) is 0.616. The summed E-state index contributed by atoms with van der Waals surface area (Å²) >= 11 is 5.20. The zero-order chi connectivity index (χ0) is 14.7. The zero-order valence-electron chi connectivity index (χ0n) is 11.3. The number of hydrogen-bond donors (Lipinski definition) is 1. The lowest BCUT2D eigenvalue weighted by molar-refractivity contribution is 0.986. The first kappa shape index (κ1) is 14.4. The van der Waals surface area contributed by atoms with Crippen LogP contribution in [0.2, 0.25) is 0 Å². The Labute approximate surface area is 136 Å². The van der Waals surface area contributed by atoms with E-state index >= 15 is 0 Å². The number of nitrogens with two attached hydrogens (primary N) is 1. The molecule has 5 heteroatoms. The van der Waals surface area contributed by atoms with Crippen molar-refractivity contribution in [1.82, 2.24) is 9.97 Å². The van der Waals surface area contributed by atoms with Gasteiger partial charge in [0.15, 0.2) is 0 Å². The van der Waals surface area contributed by atoms with Crippen molar-refractivity contribution in [2.24, 2.45) is 5.73 Å². The van der Waals surface area contributed by atoms with Gasteiger partial charge in [-0.05, 0) is 41.0 Å². The van der Waals surface area contributed by atoms with Crippen LogP contribution in [-0.2, 0) is 6.42 Å². The van der Waals surface area contributed by atoms with E-state index in [0.717, 1.165) is 32.9 Å². The fraction of sp³-hybridized carbons (Fsp3) is 0.125. The van der Waals surface area contributed by atoms with E-state index in [9.17, 15) is 0 Å². The summed E-state index contributed by atoms with van der Waals surface area (Å²) < 4.78 is 0.956. The Hall–Kier alpha value is -1.56. The number of benzene rings is 1. The lowest BCUT2D eigenvalue weighted by Gasteiger charge is -2.00. The molecule has 3 aromatic rings. The molecule has 2 N–H and O–H groups in total. The molecule has 0 amide bonds. The normalized spacial score (nSPS) is 10.8. The highest BCUT2D eigenvalue weighted by Crippen LogP contribution is 2.35. The predicted molar refractivity (Wildman–Crippen MR) is 91.2 cm³/mol. The predicted octanol–water partition coefficient (Wildman–Crippen LogP) is 4.14. The van der Waals surface area contributed by atoms with Crippen LogP contribution in [-0.4, -0.2) is 16.5 Å². The van der Waals surface area contributed by atoms with E-state index in [4.69, 9.17) is 10.7 Å². The van der Waals surface area contributed by atoms with Crippen molar-refractivity contribution in [2.75, 3.05) is 6.54 Å². The molecule has 0 saturated carbocycles. The molecule has 0 spiro atoms. The summed E-state index contributed by atoms with van der Waals surface area (Å²) in [7, 11) is 0. The molecule has 2 aromatic heterocycles. The third-order valence-corrected chi connectivity index (χ3v) is 4.84. The third-order valence-electron chi connectivity index (χ3n) is 3.08. The maximum absolute atomic E-state index is 5.74. The summed E-state index contributed by atoms with van der Waals surface area (Å²) in [4.78, 5) is 10.4. The summed E-state index contributed by atoms with van der Waals surface area (Å²) in [6, 6.07) is 14.1. The maximum atomic E-state index is 5.74. The summed E-state index contributed by atoms with van der Waals surface area (Å²) in [5.41, 5.74) is 8.75. The number of hydrogen-bond acceptors (Lipinski definition) is 4. The second kappa shape index (κ2) is 6.47. The molecular formula is C16H14BrN3S. The van der Waals surface area contributed by atoms with Crippen molar-refractivity contribution in [3.8, 4) is 22.0 Å². The fourth-order valence-corrected chi connectivity index (χ4v) is 3.80. The average molecular weight is 360 g/mol. The van der Waals surface area contributed by atoms with Crippen LogP contribution in [0.5, 0.6) is 0 Å². The number of aromatic nitrogens is 2. The van der Waals surface area contributed by atoms with Gasteiger partial charge in [0.2, 0.25) is 0 Å². The van der Waals surface area contributed by atoms with Gasteiger partial charge in [0.25, 0.3) is 0 Å². The van der Waals surface area contributed by atoms with Gasteiger partial charge < -0.3 is 5.73 Å². The van der Waals surface area contributed by atoms with E-state index in [0.29, 0.717) is 6.54 Å². The molecule has 0 saturated heterocycles. The highest BCUT2D eigenvalue weighted by atomic mass is 79.9. The first-order chi connectivity index (χ1) is 10.3. The SMILES string of the molecule is NCCc1sc(-c2ncccc2Br)nc1-c1ccccc1. The molecule has 0 fully saturated rings. The van der Waals surface area contributed by atoms with Gasteiger partial charge in [0.1, 0.15) is 10.7 Å². The molecule has 21 heavy (non-hydrogen) atoms. The van der Waals surface area contributed by atoms with Crippen LogP contribution in [0.4, 0.5) is 0 Å². The van der Waals surface area contributed by atoms with E-state index in [1.807, 2.05) is 30.3 Å². The number of halogens is 1. The topological polar surface area (TPSA) is 51.8 Å². The van der Waals surface area contributed by atoms with E-state index < -0.39 is 0 Å². The van der Waals surface area contributed by atoms with Crippen LogP contribution < -0.4 is 5.73 Å². The van der Waals surface area contributed by atoms with Crippen LogP contribution in [0.15, 0.2) is 53.1 Å². The molecule has 0 atom stereocenters. The van der Waals surface area contributed by atoms with E-state index in [1.54, 1.807) is 17.5 Å². The van der Waals surface area contributed by atoms with Crippen molar-refractivity contribution in [3.63, 3.8) is 0 Å². The van der Waals surface area contributed by atoms with Crippen molar-refractivity contribution in [1.29, 1.82) is 0 Å². The van der Waals surface area contributed by atoms with Crippen LogP contribution in [0.3, 0.4) is 0 Å². The molecule has 0 unspecified atom stereocenters. The van der Waals surface area contributed by atoms with Crippen LogP contribution in [0, 0.1) is 0 Å². The molecule has 0 aliphatic carbocycles. The van der Waals surface area contributed by atoms with Gasteiger partial charge >= 0.3 is 0 Å². The Morgan fingerprint density at radius 3 is 2.57 bits per heavy atom. The largest absolute Gasteiger partial charge is 0.330 e. The number of thiazole rings is 1. The standard InChI is InChI=1S/C16H14BrN3S/c17-12-7-4-10-19-15(12)16-20-14(13(21-16)8-9-18)11-5-2-1-3-6-11/h1-7,10H,8-9,18H2. The number of nitrogens with zero attached hydrogens (tertiary/aromatic N) is 2. The first-order valence-corrected chi connectivity index (χ1v) is 8.26. The quantitative estimate of drug-likeness (QED) is 0.761. The van der Waals surface area contributed by atoms with E-state index in [2.05, 4.69) is 33.0 Å². The Kier molecular flexibility index (Phi) is 4.43. The number of rotatable bonds is 4. The molecule has 106 valence electrons. The minimum atomic E-state index is 0.616. The fourth-order valence-electron chi connectivity index (χ4n) is 2.12. The Morgan fingerprint density at radius 2 is 1.86 bits per heavy atom. The van der Waals surface area contributed by atoms with Gasteiger partial charge in [-0.25, -0.2) is 4.98 Å². The minimum Gasteiger partial charge on any atom is -0.330 e. The highest BCUT2D eigenvalue weighted by molar-refractivity contribution is 9.10. The molecule has 1 aromatic carbocycles. The van der Waals surface area contributed by atoms with Crippen molar-refractivity contribution >= 4 is 27.3 Å². The molecule has 0 bridgehead atoms. The average Bonchev–Trinajstić information content (AvgIpc) is 2.93. The van der Waals surface area contributed by atoms with Crippen LogP contribution >= 0.6 is 27.3 Å². The highest BCUT2D eigenvalue weighted by Gasteiger charge is 2.16. The van der Waals surface area contributed by atoms with Gasteiger partial charge in [-0.2, -0.15) is 0 Å². The summed E-state index contributed by atoms with van der Waals surface area (Å²) in [5.74, 6) is 0. The van der Waals surface area contributed by atoms with E-state index in [1.165, 1.54) is 4.88 Å². The first-order valence-electron chi connectivity index (χ1n) is 6.65. The Bertz CT molecular complexity index is 740. The minimum absolute atomic E-state index is 0.616. The van der Waals surface area contributed by atoms with Crippen LogP contribution in [0.1, 0.15) is 4.88 Å². The third kappa shape index (κ3) is 3.05. The lowest BCUT2D eigenvalue weighted by Crippen LogP contribution is -2.02. The Balaban J connectivity index is 2.11. The maximum Gasteiger partial charge on any atom is 0.143 e. The molecule has 0 radical (unpaired) electrons. The smallest absolute Gasteiger partial charge is 0.143 e. The monoisotopic (exact) mass is 359 g/mol. The van der Waals surface area contributed by atoms with Crippen molar-refractivity contribution < 1.29 is 0 Å². The van der Waals surface area contributed by atoms with Crippen molar-refractivity contribution in [3.05, 3.63) is 58.0 Å². The second-order valence-corrected chi connectivity index (χ2v) is 6.47. The van der Waals surface area contributed by atoms with Gasteiger partial charge in [-0.3, -0.25) is 4.98 Å².